The second-order valence-corrected chi connectivity index (χ2v) is 8.15. The number of amides is 1. The molecule has 0 radical (unpaired) electrons. The Morgan fingerprint density at radius 3 is 2.62 bits per heavy atom. The van der Waals surface area contributed by atoms with Gasteiger partial charge in [-0.1, -0.05) is 12.2 Å². The van der Waals surface area contributed by atoms with Crippen molar-refractivity contribution in [3.05, 3.63) is 71.7 Å². The number of likely N-dealkylation sites (N-methyl/N-ethyl adjacent to an activating group) is 1. The number of halogens is 4. The van der Waals surface area contributed by atoms with Gasteiger partial charge >= 0.3 is 12.3 Å². The number of hydrogen-bond donors (Lipinski definition) is 0. The predicted octanol–water partition coefficient (Wildman–Crippen LogP) is 5.48. The topological polar surface area (TPSA) is 54.9 Å². The Balaban J connectivity index is 1.36. The Hall–Kier alpha value is -3.56. The minimum atomic E-state index is -4.47. The van der Waals surface area contributed by atoms with E-state index in [0.29, 0.717) is 25.1 Å². The van der Waals surface area contributed by atoms with Crippen molar-refractivity contribution >= 4 is 17.6 Å². The number of hydrogen-bond acceptors (Lipinski definition) is 5. The van der Waals surface area contributed by atoms with Crippen LogP contribution in [0.1, 0.15) is 18.4 Å². The fourth-order valence-corrected chi connectivity index (χ4v) is 3.72. The van der Waals surface area contributed by atoms with Gasteiger partial charge in [0, 0.05) is 38.5 Å². The SMILES string of the molecule is CN(c1ccc(OC2C=CC(C[C@H]3COC(=O)N3C)=CC2)c(F)c1)c1ccc(C(F)(F)F)cn1. The number of alkyl halides is 3. The van der Waals surface area contributed by atoms with Crippen LogP contribution in [0.15, 0.2) is 60.3 Å². The van der Waals surface area contributed by atoms with Gasteiger partial charge in [-0.25, -0.2) is 14.2 Å². The molecule has 180 valence electrons. The molecule has 1 unspecified atom stereocenters. The summed E-state index contributed by atoms with van der Waals surface area (Å²) in [7, 11) is 3.29. The molecular weight excluding hydrogens is 454 g/mol. The van der Waals surface area contributed by atoms with E-state index in [1.807, 2.05) is 18.2 Å². The molecule has 2 aromatic rings. The smallest absolute Gasteiger partial charge is 0.417 e. The Morgan fingerprint density at radius 2 is 2.06 bits per heavy atom. The van der Waals surface area contributed by atoms with Crippen LogP contribution in [0.2, 0.25) is 0 Å². The number of carbonyl (C=O) groups is 1. The Bertz CT molecular complexity index is 1120. The third-order valence-electron chi connectivity index (χ3n) is 5.84. The van der Waals surface area contributed by atoms with Gasteiger partial charge in [0.15, 0.2) is 11.6 Å². The number of carbonyl (C=O) groups excluding carboxylic acids is 1. The highest BCUT2D eigenvalue weighted by Gasteiger charge is 2.31. The highest BCUT2D eigenvalue weighted by molar-refractivity contribution is 5.69. The van der Waals surface area contributed by atoms with Crippen LogP contribution in [-0.4, -0.2) is 48.8 Å². The highest BCUT2D eigenvalue weighted by Crippen LogP contribution is 2.32. The number of benzene rings is 1. The first-order chi connectivity index (χ1) is 16.1. The molecule has 1 saturated heterocycles. The summed E-state index contributed by atoms with van der Waals surface area (Å²) >= 11 is 0. The van der Waals surface area contributed by atoms with Crippen molar-refractivity contribution in [3.63, 3.8) is 0 Å². The first-order valence-corrected chi connectivity index (χ1v) is 10.6. The Kier molecular flexibility index (Phi) is 6.49. The third-order valence-corrected chi connectivity index (χ3v) is 5.84. The molecule has 4 rings (SSSR count). The van der Waals surface area contributed by atoms with Crippen molar-refractivity contribution in [2.75, 3.05) is 25.6 Å². The van der Waals surface area contributed by atoms with Gasteiger partial charge in [0.1, 0.15) is 18.5 Å². The summed E-state index contributed by atoms with van der Waals surface area (Å²) in [6.45, 7) is 0.356. The van der Waals surface area contributed by atoms with Crippen LogP contribution in [0.25, 0.3) is 0 Å². The maximum atomic E-state index is 14.7. The second kappa shape index (κ2) is 9.36. The molecule has 2 heterocycles. The third kappa shape index (κ3) is 5.16. The van der Waals surface area contributed by atoms with E-state index < -0.39 is 17.6 Å². The van der Waals surface area contributed by atoms with Gasteiger partial charge in [-0.3, -0.25) is 0 Å². The molecular formula is C24H23F4N3O3. The fraction of sp³-hybridized carbons (Fsp3) is 0.333. The number of anilines is 2. The van der Waals surface area contributed by atoms with Crippen LogP contribution in [0.5, 0.6) is 5.75 Å². The van der Waals surface area contributed by atoms with E-state index >= 15 is 0 Å². The molecule has 2 atom stereocenters. The normalized spacial score (nSPS) is 20.2. The second-order valence-electron chi connectivity index (χ2n) is 8.15. The summed E-state index contributed by atoms with van der Waals surface area (Å²) < 4.78 is 63.7. The summed E-state index contributed by atoms with van der Waals surface area (Å²) in [6.07, 6.45) is 2.55. The number of pyridine rings is 1. The number of cyclic esters (lactones) is 1. The molecule has 0 spiro atoms. The zero-order chi connectivity index (χ0) is 24.5. The van der Waals surface area contributed by atoms with Crippen molar-refractivity contribution in [2.45, 2.75) is 31.2 Å². The van der Waals surface area contributed by atoms with E-state index in [-0.39, 0.29) is 29.8 Å². The van der Waals surface area contributed by atoms with Gasteiger partial charge in [0.2, 0.25) is 0 Å². The molecule has 10 heteroatoms. The maximum Gasteiger partial charge on any atom is 0.417 e. The Morgan fingerprint density at radius 1 is 1.26 bits per heavy atom. The minimum Gasteiger partial charge on any atom is -0.483 e. The molecule has 1 aromatic carbocycles. The van der Waals surface area contributed by atoms with Crippen molar-refractivity contribution in [3.8, 4) is 5.75 Å². The molecule has 6 nitrogen and oxygen atoms in total. The molecule has 1 aliphatic heterocycles. The van der Waals surface area contributed by atoms with Crippen molar-refractivity contribution < 1.29 is 31.8 Å². The average molecular weight is 477 g/mol. The van der Waals surface area contributed by atoms with Crippen molar-refractivity contribution in [2.24, 2.45) is 0 Å². The zero-order valence-corrected chi connectivity index (χ0v) is 18.6. The van der Waals surface area contributed by atoms with E-state index in [2.05, 4.69) is 4.98 Å². The lowest BCUT2D eigenvalue weighted by Crippen LogP contribution is -2.29. The van der Waals surface area contributed by atoms with E-state index in [0.717, 1.165) is 17.8 Å². The summed E-state index contributed by atoms with van der Waals surface area (Å²) in [4.78, 5) is 18.4. The van der Waals surface area contributed by atoms with E-state index in [9.17, 15) is 22.4 Å². The lowest BCUT2D eigenvalue weighted by molar-refractivity contribution is -0.137. The number of nitrogens with zero attached hydrogens (tertiary/aromatic N) is 3. The van der Waals surface area contributed by atoms with Crippen molar-refractivity contribution in [1.29, 1.82) is 0 Å². The number of aromatic nitrogens is 1. The van der Waals surface area contributed by atoms with Gasteiger partial charge in [-0.2, -0.15) is 13.2 Å². The fourth-order valence-electron chi connectivity index (χ4n) is 3.72. The number of ether oxygens (including phenoxy) is 2. The number of rotatable bonds is 6. The van der Waals surface area contributed by atoms with E-state index in [1.54, 1.807) is 25.1 Å². The van der Waals surface area contributed by atoms with E-state index in [4.69, 9.17) is 9.47 Å². The first kappa shape index (κ1) is 23.6. The van der Waals surface area contributed by atoms with Gasteiger partial charge in [-0.15, -0.1) is 0 Å². The summed E-state index contributed by atoms with van der Waals surface area (Å²) in [5.41, 5.74) is 0.613. The van der Waals surface area contributed by atoms with Crippen LogP contribution in [0, 0.1) is 5.82 Å². The number of allylic oxidation sites excluding steroid dienone is 1. The largest absolute Gasteiger partial charge is 0.483 e. The van der Waals surface area contributed by atoms with Gasteiger partial charge in [0.25, 0.3) is 0 Å². The molecule has 0 N–H and O–H groups in total. The quantitative estimate of drug-likeness (QED) is 0.516. The van der Waals surface area contributed by atoms with Crippen LogP contribution in [0.3, 0.4) is 0 Å². The molecule has 2 aliphatic rings. The van der Waals surface area contributed by atoms with Gasteiger partial charge < -0.3 is 19.3 Å². The first-order valence-electron chi connectivity index (χ1n) is 10.6. The summed E-state index contributed by atoms with van der Waals surface area (Å²) in [5, 5.41) is 0. The van der Waals surface area contributed by atoms with Gasteiger partial charge in [0.05, 0.1) is 11.6 Å². The lowest BCUT2D eigenvalue weighted by atomic mass is 9.99. The molecule has 1 aromatic heterocycles. The van der Waals surface area contributed by atoms with E-state index in [1.165, 1.54) is 23.1 Å². The average Bonchev–Trinajstić information content (AvgIpc) is 3.13. The lowest BCUT2D eigenvalue weighted by Gasteiger charge is -2.22. The van der Waals surface area contributed by atoms with Crippen LogP contribution >= 0.6 is 0 Å². The highest BCUT2D eigenvalue weighted by atomic mass is 19.4. The Labute approximate surface area is 194 Å². The van der Waals surface area contributed by atoms with Gasteiger partial charge in [-0.05, 0) is 42.3 Å². The molecule has 1 aliphatic carbocycles. The molecule has 1 amide bonds. The molecule has 0 bridgehead atoms. The predicted molar refractivity (Wildman–Crippen MR) is 117 cm³/mol. The summed E-state index contributed by atoms with van der Waals surface area (Å²) in [6, 6.07) is 6.48. The summed E-state index contributed by atoms with van der Waals surface area (Å²) in [5.74, 6) is -0.282. The van der Waals surface area contributed by atoms with Crippen molar-refractivity contribution in [1.82, 2.24) is 9.88 Å². The molecule has 1 fully saturated rings. The molecule has 0 saturated carbocycles. The monoisotopic (exact) mass is 477 g/mol. The van der Waals surface area contributed by atoms with Crippen LogP contribution in [0.4, 0.5) is 33.9 Å². The maximum absolute atomic E-state index is 14.7. The standard InChI is InChI=1S/C24H23F4N3O3/c1-30(22-10-5-16(13-29-22)24(26,27)28)17-6-9-21(20(25)12-17)34-19-7-3-15(4-8-19)11-18-14-33-23(32)31(18)2/h3-7,9-10,12-13,18-19H,8,11,14H2,1-2H3/t18-,19?/m0/s1. The zero-order valence-electron chi connectivity index (χ0n) is 18.6. The van der Waals surface area contributed by atoms with Crippen LogP contribution in [-0.2, 0) is 10.9 Å². The minimum absolute atomic E-state index is 0.0120. The van der Waals surface area contributed by atoms with Crippen LogP contribution < -0.4 is 9.64 Å². The molecule has 34 heavy (non-hydrogen) atoms.